The van der Waals surface area contributed by atoms with Crippen LogP contribution in [0.1, 0.15) is 50.5 Å². The molecule has 8 nitrogen and oxygen atoms in total. The fourth-order valence-electron chi connectivity index (χ4n) is 3.57. The molecule has 2 fully saturated rings. The molecule has 2 aromatic rings. The largest absolute Gasteiger partial charge is 0.494 e. The minimum atomic E-state index is -0.167. The summed E-state index contributed by atoms with van der Waals surface area (Å²) in [5.74, 6) is 2.05. The number of nitrogens with zero attached hydrogens (tertiary/aromatic N) is 5. The first-order valence-corrected chi connectivity index (χ1v) is 10.5. The zero-order chi connectivity index (χ0) is 21.2. The van der Waals surface area contributed by atoms with Gasteiger partial charge in [-0.3, -0.25) is 4.98 Å². The number of aliphatic hydroxyl groups is 1. The van der Waals surface area contributed by atoms with Crippen molar-refractivity contribution in [1.29, 1.82) is 5.26 Å². The van der Waals surface area contributed by atoms with E-state index in [0.717, 1.165) is 38.8 Å². The second kappa shape index (κ2) is 11.3. The Bertz CT molecular complexity index is 810. The highest BCUT2D eigenvalue weighted by atomic mass is 16.5. The van der Waals surface area contributed by atoms with Crippen molar-refractivity contribution in [3.63, 3.8) is 0 Å². The maximum Gasteiger partial charge on any atom is 0.225 e. The van der Waals surface area contributed by atoms with Crippen LogP contribution in [-0.2, 0) is 0 Å². The van der Waals surface area contributed by atoms with Crippen molar-refractivity contribution in [2.24, 2.45) is 0 Å². The summed E-state index contributed by atoms with van der Waals surface area (Å²) in [5, 5.41) is 18.2. The maximum absolute atomic E-state index is 9.37. The number of aromatic nitrogens is 3. The maximum atomic E-state index is 9.37. The van der Waals surface area contributed by atoms with E-state index >= 15 is 0 Å². The molecule has 1 aliphatic carbocycles. The minimum Gasteiger partial charge on any atom is -0.494 e. The zero-order valence-electron chi connectivity index (χ0n) is 17.4. The highest BCUT2D eigenvalue weighted by molar-refractivity contribution is 5.40. The quantitative estimate of drug-likeness (QED) is 0.818. The molecule has 1 saturated carbocycles. The molecule has 3 heterocycles. The van der Waals surface area contributed by atoms with Crippen LogP contribution in [0.25, 0.3) is 0 Å². The Labute approximate surface area is 177 Å². The van der Waals surface area contributed by atoms with E-state index in [9.17, 15) is 5.11 Å². The van der Waals surface area contributed by atoms with Gasteiger partial charge in [-0.2, -0.15) is 5.26 Å². The molecule has 1 aliphatic heterocycles. The number of hydrogen-bond acceptors (Lipinski definition) is 8. The van der Waals surface area contributed by atoms with Crippen molar-refractivity contribution in [1.82, 2.24) is 15.0 Å². The summed E-state index contributed by atoms with van der Waals surface area (Å²) in [6.07, 6.45) is 14.2. The Balaban J connectivity index is 0.000000171. The smallest absolute Gasteiger partial charge is 0.225 e. The van der Waals surface area contributed by atoms with E-state index in [2.05, 4.69) is 25.9 Å². The van der Waals surface area contributed by atoms with Gasteiger partial charge in [-0.05, 0) is 44.6 Å². The number of aliphatic hydroxyl groups excluding tert-OH is 1. The van der Waals surface area contributed by atoms with Crippen molar-refractivity contribution < 1.29 is 14.6 Å². The number of pyridine rings is 1. The van der Waals surface area contributed by atoms with Crippen molar-refractivity contribution >= 4 is 5.95 Å². The van der Waals surface area contributed by atoms with Crippen LogP contribution in [0, 0.1) is 11.3 Å². The van der Waals surface area contributed by atoms with Crippen molar-refractivity contribution in [2.75, 3.05) is 25.1 Å². The van der Waals surface area contributed by atoms with Crippen molar-refractivity contribution in [2.45, 2.75) is 57.2 Å². The predicted octanol–water partition coefficient (Wildman–Crippen LogP) is 3.11. The average Bonchev–Trinajstić information content (AvgIpc) is 2.81. The Kier molecular flexibility index (Phi) is 8.21. The molecule has 1 saturated heterocycles. The first kappa shape index (κ1) is 21.8. The highest BCUT2D eigenvalue weighted by Gasteiger charge is 2.19. The van der Waals surface area contributed by atoms with Gasteiger partial charge in [-0.1, -0.05) is 6.42 Å². The number of nitriles is 1. The highest BCUT2D eigenvalue weighted by Crippen LogP contribution is 2.25. The number of anilines is 1. The molecular formula is C22H29N5O3. The summed E-state index contributed by atoms with van der Waals surface area (Å²) < 4.78 is 10.8. The third-order valence-electron chi connectivity index (χ3n) is 5.34. The third kappa shape index (κ3) is 6.29. The number of rotatable bonds is 4. The van der Waals surface area contributed by atoms with Crippen LogP contribution in [0.15, 0.2) is 30.9 Å². The van der Waals surface area contributed by atoms with Gasteiger partial charge in [0.25, 0.3) is 0 Å². The molecule has 0 atom stereocenters. The van der Waals surface area contributed by atoms with E-state index < -0.39 is 0 Å². The lowest BCUT2D eigenvalue weighted by Gasteiger charge is -2.29. The van der Waals surface area contributed by atoms with Gasteiger partial charge in [0.2, 0.25) is 5.95 Å². The molecule has 160 valence electrons. The molecule has 0 amide bonds. The van der Waals surface area contributed by atoms with Gasteiger partial charge < -0.3 is 19.5 Å². The first-order valence-electron chi connectivity index (χ1n) is 10.5. The summed E-state index contributed by atoms with van der Waals surface area (Å²) in [6.45, 7) is 1.63. The standard InChI is InChI=1S/C12H14N2O.C10H15N3O2/c13-8-10-9-14-7-6-12(10)15-11-4-2-1-3-5-11;1-15-9-6-11-10(12-7-9)13-4-2-8(14)3-5-13/h6-7,9,11H,1-5H2;6-8,14H,2-5H2,1H3. The molecule has 1 N–H and O–H groups in total. The van der Waals surface area contributed by atoms with Crippen LogP contribution in [0.4, 0.5) is 5.95 Å². The summed E-state index contributed by atoms with van der Waals surface area (Å²) in [7, 11) is 1.59. The first-order chi connectivity index (χ1) is 14.7. The molecule has 2 aromatic heterocycles. The predicted molar refractivity (Wildman–Crippen MR) is 112 cm³/mol. The second-order valence-electron chi connectivity index (χ2n) is 7.50. The van der Waals surface area contributed by atoms with Gasteiger partial charge in [-0.15, -0.1) is 0 Å². The summed E-state index contributed by atoms with van der Waals surface area (Å²) in [5.41, 5.74) is 0.531. The molecule has 0 aromatic carbocycles. The van der Waals surface area contributed by atoms with E-state index in [1.54, 1.807) is 38.0 Å². The number of methoxy groups -OCH3 is 1. The molecule has 30 heavy (non-hydrogen) atoms. The van der Waals surface area contributed by atoms with Gasteiger partial charge in [0, 0.05) is 25.5 Å². The number of hydrogen-bond donors (Lipinski definition) is 1. The fourth-order valence-corrected chi connectivity index (χ4v) is 3.57. The minimum absolute atomic E-state index is 0.167. The Morgan fingerprint density at radius 1 is 1.07 bits per heavy atom. The normalized spacial score (nSPS) is 17.4. The molecule has 0 unspecified atom stereocenters. The topological polar surface area (TPSA) is 104 Å². The van der Waals surface area contributed by atoms with Gasteiger partial charge in [0.15, 0.2) is 5.75 Å². The lowest BCUT2D eigenvalue weighted by atomic mass is 9.98. The van der Waals surface area contributed by atoms with Gasteiger partial charge in [0.05, 0.1) is 31.7 Å². The molecule has 8 heteroatoms. The molecule has 0 spiro atoms. The lowest BCUT2D eigenvalue weighted by Crippen LogP contribution is -2.36. The van der Waals surface area contributed by atoms with Crippen molar-refractivity contribution in [3.8, 4) is 17.6 Å². The second-order valence-corrected chi connectivity index (χ2v) is 7.50. The van der Waals surface area contributed by atoms with Crippen LogP contribution in [0.5, 0.6) is 11.5 Å². The van der Waals surface area contributed by atoms with Crippen LogP contribution >= 0.6 is 0 Å². The monoisotopic (exact) mass is 411 g/mol. The van der Waals surface area contributed by atoms with E-state index in [-0.39, 0.29) is 12.2 Å². The van der Waals surface area contributed by atoms with Gasteiger partial charge in [0.1, 0.15) is 17.4 Å². The molecule has 0 radical (unpaired) electrons. The van der Waals surface area contributed by atoms with E-state index in [0.29, 0.717) is 23.0 Å². The third-order valence-corrected chi connectivity index (χ3v) is 5.34. The number of ether oxygens (including phenoxy) is 2. The fraction of sp³-hybridized carbons (Fsp3) is 0.545. The summed E-state index contributed by atoms with van der Waals surface area (Å²) >= 11 is 0. The van der Waals surface area contributed by atoms with Crippen LogP contribution in [0.3, 0.4) is 0 Å². The Morgan fingerprint density at radius 3 is 2.40 bits per heavy atom. The van der Waals surface area contributed by atoms with Gasteiger partial charge >= 0.3 is 0 Å². The Hall–Kier alpha value is -2.92. The average molecular weight is 412 g/mol. The lowest BCUT2D eigenvalue weighted by molar-refractivity contribution is 0.145. The van der Waals surface area contributed by atoms with E-state index in [4.69, 9.17) is 14.7 Å². The van der Waals surface area contributed by atoms with Crippen LogP contribution in [-0.4, -0.2) is 52.5 Å². The van der Waals surface area contributed by atoms with Gasteiger partial charge in [-0.25, -0.2) is 9.97 Å². The van der Waals surface area contributed by atoms with Crippen molar-refractivity contribution in [3.05, 3.63) is 36.4 Å². The molecule has 0 bridgehead atoms. The summed E-state index contributed by atoms with van der Waals surface area (Å²) in [4.78, 5) is 14.4. The van der Waals surface area contributed by atoms with Crippen LogP contribution in [0.2, 0.25) is 0 Å². The van der Waals surface area contributed by atoms with E-state index in [1.807, 2.05) is 0 Å². The molecular weight excluding hydrogens is 382 g/mol. The zero-order valence-corrected chi connectivity index (χ0v) is 17.4. The van der Waals surface area contributed by atoms with E-state index in [1.165, 1.54) is 19.3 Å². The molecule has 4 rings (SSSR count). The molecule has 2 aliphatic rings. The van der Waals surface area contributed by atoms with Crippen LogP contribution < -0.4 is 14.4 Å². The summed E-state index contributed by atoms with van der Waals surface area (Å²) in [6, 6.07) is 3.87. The number of piperidine rings is 1. The Morgan fingerprint density at radius 2 is 1.77 bits per heavy atom. The SMILES string of the molecule is COc1cnc(N2CCC(O)CC2)nc1.N#Cc1cnccc1OC1CCCCC1.